The third-order valence-electron chi connectivity index (χ3n) is 5.15. The van der Waals surface area contributed by atoms with E-state index < -0.39 is 0 Å². The zero-order chi connectivity index (χ0) is 22.7. The Labute approximate surface area is 185 Å². The number of ether oxygens (including phenoxy) is 1. The molecule has 0 saturated carbocycles. The maximum Gasteiger partial charge on any atom is 0.274 e. The van der Waals surface area contributed by atoms with Crippen LogP contribution in [0.3, 0.4) is 0 Å². The summed E-state index contributed by atoms with van der Waals surface area (Å²) in [6, 6.07) is 15.5. The van der Waals surface area contributed by atoms with Crippen molar-refractivity contribution in [3.8, 4) is 5.69 Å². The van der Waals surface area contributed by atoms with Crippen molar-refractivity contribution in [1.29, 1.82) is 5.41 Å². The van der Waals surface area contributed by atoms with Crippen molar-refractivity contribution in [2.45, 2.75) is 6.92 Å². The van der Waals surface area contributed by atoms with E-state index in [1.54, 1.807) is 66.4 Å². The second-order valence-corrected chi connectivity index (χ2v) is 7.48. The monoisotopic (exact) mass is 432 g/mol. The smallest absolute Gasteiger partial charge is 0.274 e. The number of benzene rings is 2. The molecule has 0 radical (unpaired) electrons. The van der Waals surface area contributed by atoms with E-state index in [2.05, 4.69) is 10.4 Å². The standard InChI is InChI=1S/C23H24N6O3/c1-15-13-20(29(27-15)19-4-2-3-17(14-19)21(24)25)22(30)26-18-7-5-16(6-8-18)23(31)28-9-11-32-12-10-28/h2-8,13-14H,9-12H2,1H3,(H3,24,25)(H,26,30). The molecule has 1 aliphatic heterocycles. The van der Waals surface area contributed by atoms with Crippen LogP contribution in [0.15, 0.2) is 54.6 Å². The molecule has 0 bridgehead atoms. The summed E-state index contributed by atoms with van der Waals surface area (Å²) in [6.45, 7) is 4.04. The number of rotatable bonds is 5. The Kier molecular flexibility index (Phi) is 6.00. The molecular formula is C23H24N6O3. The van der Waals surface area contributed by atoms with Crippen LogP contribution in [0.4, 0.5) is 5.69 Å². The van der Waals surface area contributed by atoms with Gasteiger partial charge in [0.15, 0.2) is 0 Å². The second kappa shape index (κ2) is 9.03. The van der Waals surface area contributed by atoms with E-state index in [1.807, 2.05) is 0 Å². The van der Waals surface area contributed by atoms with E-state index in [1.165, 1.54) is 4.68 Å². The summed E-state index contributed by atoms with van der Waals surface area (Å²) in [5.74, 6) is -0.454. The van der Waals surface area contributed by atoms with E-state index >= 15 is 0 Å². The van der Waals surface area contributed by atoms with Crippen LogP contribution in [0.1, 0.15) is 32.1 Å². The number of carbonyl (C=O) groups excluding carboxylic acids is 2. The summed E-state index contributed by atoms with van der Waals surface area (Å²) < 4.78 is 6.81. The molecule has 4 rings (SSSR count). The quantitative estimate of drug-likeness (QED) is 0.421. The topological polar surface area (TPSA) is 126 Å². The van der Waals surface area contributed by atoms with Crippen LogP contribution in [-0.4, -0.2) is 58.6 Å². The zero-order valence-electron chi connectivity index (χ0n) is 17.7. The molecule has 2 amide bonds. The Morgan fingerprint density at radius 2 is 1.78 bits per heavy atom. The highest BCUT2D eigenvalue weighted by molar-refractivity contribution is 6.04. The summed E-state index contributed by atoms with van der Waals surface area (Å²) in [5, 5.41) is 14.9. The molecule has 164 valence electrons. The normalized spacial score (nSPS) is 13.6. The predicted molar refractivity (Wildman–Crippen MR) is 120 cm³/mol. The number of nitrogen functional groups attached to an aromatic ring is 1. The number of nitrogens with zero attached hydrogens (tertiary/aromatic N) is 3. The van der Waals surface area contributed by atoms with Crippen LogP contribution in [0.25, 0.3) is 5.69 Å². The lowest BCUT2D eigenvalue weighted by Gasteiger charge is -2.26. The highest BCUT2D eigenvalue weighted by atomic mass is 16.5. The van der Waals surface area contributed by atoms with Crippen LogP contribution in [0.2, 0.25) is 0 Å². The summed E-state index contributed by atoms with van der Waals surface area (Å²) in [6.07, 6.45) is 0. The van der Waals surface area contributed by atoms with Gasteiger partial charge in [-0.15, -0.1) is 0 Å². The Morgan fingerprint density at radius 3 is 2.47 bits per heavy atom. The predicted octanol–water partition coefficient (Wildman–Crippen LogP) is 2.19. The van der Waals surface area contributed by atoms with Crippen molar-refractivity contribution in [3.05, 3.63) is 77.1 Å². The summed E-state index contributed by atoms with van der Waals surface area (Å²) in [7, 11) is 0. The first kappa shape index (κ1) is 21.3. The zero-order valence-corrected chi connectivity index (χ0v) is 17.7. The first-order chi connectivity index (χ1) is 15.4. The second-order valence-electron chi connectivity index (χ2n) is 7.48. The number of amidine groups is 1. The lowest BCUT2D eigenvalue weighted by atomic mass is 10.1. The highest BCUT2D eigenvalue weighted by Gasteiger charge is 2.19. The number of anilines is 1. The average Bonchev–Trinajstić information content (AvgIpc) is 3.21. The summed E-state index contributed by atoms with van der Waals surface area (Å²) >= 11 is 0. The molecule has 2 aromatic carbocycles. The molecule has 9 nitrogen and oxygen atoms in total. The van der Waals surface area contributed by atoms with Crippen molar-refractivity contribution in [2.75, 3.05) is 31.6 Å². The van der Waals surface area contributed by atoms with E-state index in [0.717, 1.165) is 0 Å². The van der Waals surface area contributed by atoms with Gasteiger partial charge in [0.2, 0.25) is 0 Å². The van der Waals surface area contributed by atoms with Gasteiger partial charge >= 0.3 is 0 Å². The maximum absolute atomic E-state index is 13.0. The molecule has 32 heavy (non-hydrogen) atoms. The lowest BCUT2D eigenvalue weighted by Crippen LogP contribution is -2.40. The van der Waals surface area contributed by atoms with Gasteiger partial charge in [-0.1, -0.05) is 12.1 Å². The highest BCUT2D eigenvalue weighted by Crippen LogP contribution is 2.18. The molecule has 1 aliphatic rings. The Bertz CT molecular complexity index is 1160. The number of aromatic nitrogens is 2. The maximum atomic E-state index is 13.0. The Balaban J connectivity index is 1.52. The van der Waals surface area contributed by atoms with Crippen molar-refractivity contribution < 1.29 is 14.3 Å². The number of nitrogens with one attached hydrogen (secondary N) is 2. The van der Waals surface area contributed by atoms with Gasteiger partial charge < -0.3 is 20.7 Å². The van der Waals surface area contributed by atoms with E-state index in [9.17, 15) is 9.59 Å². The fourth-order valence-corrected chi connectivity index (χ4v) is 3.50. The molecule has 1 saturated heterocycles. The van der Waals surface area contributed by atoms with Gasteiger partial charge in [-0.3, -0.25) is 15.0 Å². The van der Waals surface area contributed by atoms with Crippen LogP contribution >= 0.6 is 0 Å². The number of carbonyl (C=O) groups is 2. The van der Waals surface area contributed by atoms with Gasteiger partial charge in [0.1, 0.15) is 11.5 Å². The summed E-state index contributed by atoms with van der Waals surface area (Å²) in [5.41, 5.74) is 8.91. The van der Waals surface area contributed by atoms with Gasteiger partial charge in [0.25, 0.3) is 11.8 Å². The van der Waals surface area contributed by atoms with Crippen LogP contribution < -0.4 is 11.1 Å². The van der Waals surface area contributed by atoms with Crippen molar-refractivity contribution in [1.82, 2.24) is 14.7 Å². The molecule has 0 aliphatic carbocycles. The minimum absolute atomic E-state index is 0.0507. The van der Waals surface area contributed by atoms with Crippen LogP contribution in [0, 0.1) is 12.3 Å². The third-order valence-corrected chi connectivity index (χ3v) is 5.15. The largest absolute Gasteiger partial charge is 0.384 e. The molecule has 0 spiro atoms. The number of hydrogen-bond acceptors (Lipinski definition) is 5. The molecule has 9 heteroatoms. The van der Waals surface area contributed by atoms with E-state index in [-0.39, 0.29) is 17.6 Å². The van der Waals surface area contributed by atoms with Gasteiger partial charge in [0, 0.05) is 29.9 Å². The number of nitrogens with two attached hydrogens (primary N) is 1. The fraction of sp³-hybridized carbons (Fsp3) is 0.217. The first-order valence-electron chi connectivity index (χ1n) is 10.2. The number of hydrogen-bond donors (Lipinski definition) is 3. The van der Waals surface area contributed by atoms with Gasteiger partial charge in [-0.05, 0) is 49.4 Å². The summed E-state index contributed by atoms with van der Waals surface area (Å²) in [4.78, 5) is 27.3. The van der Waals surface area contributed by atoms with Crippen LogP contribution in [0.5, 0.6) is 0 Å². The minimum Gasteiger partial charge on any atom is -0.384 e. The minimum atomic E-state index is -0.342. The molecule has 3 aromatic rings. The Morgan fingerprint density at radius 1 is 1.06 bits per heavy atom. The fourth-order valence-electron chi connectivity index (χ4n) is 3.50. The SMILES string of the molecule is Cc1cc(C(=O)Nc2ccc(C(=O)N3CCOCC3)cc2)n(-c2cccc(C(=N)N)c2)n1. The van der Waals surface area contributed by atoms with Gasteiger partial charge in [0.05, 0.1) is 24.6 Å². The molecule has 1 aromatic heterocycles. The van der Waals surface area contributed by atoms with E-state index in [0.29, 0.717) is 60.2 Å². The third kappa shape index (κ3) is 4.52. The molecule has 1 fully saturated rings. The lowest BCUT2D eigenvalue weighted by molar-refractivity contribution is 0.0303. The molecule has 0 unspecified atom stereocenters. The number of aryl methyl sites for hydroxylation is 1. The molecule has 0 atom stereocenters. The van der Waals surface area contributed by atoms with Gasteiger partial charge in [-0.25, -0.2) is 4.68 Å². The number of morpholine rings is 1. The van der Waals surface area contributed by atoms with Crippen LogP contribution in [-0.2, 0) is 4.74 Å². The molecule has 4 N–H and O–H groups in total. The number of amides is 2. The first-order valence-corrected chi connectivity index (χ1v) is 10.2. The van der Waals surface area contributed by atoms with Crippen molar-refractivity contribution in [3.63, 3.8) is 0 Å². The Hall–Kier alpha value is -3.98. The molecular weight excluding hydrogens is 408 g/mol. The van der Waals surface area contributed by atoms with Crippen molar-refractivity contribution in [2.24, 2.45) is 5.73 Å². The van der Waals surface area contributed by atoms with Gasteiger partial charge in [-0.2, -0.15) is 5.10 Å². The average molecular weight is 432 g/mol. The van der Waals surface area contributed by atoms with E-state index in [4.69, 9.17) is 15.9 Å². The molecule has 2 heterocycles. The van der Waals surface area contributed by atoms with Crippen molar-refractivity contribution >= 4 is 23.3 Å².